The average Bonchev–Trinajstić information content (AvgIpc) is 2.54. The van der Waals surface area contributed by atoms with Gasteiger partial charge in [0.2, 0.25) is 0 Å². The van der Waals surface area contributed by atoms with Crippen molar-refractivity contribution < 1.29 is 4.42 Å². The predicted molar refractivity (Wildman–Crippen MR) is 62.6 cm³/mol. The largest absolute Gasteiger partial charge is 0.468 e. The molecule has 80 valence electrons. The molecule has 1 aromatic heterocycles. The fourth-order valence-electron chi connectivity index (χ4n) is 1.05. The molecule has 0 aromatic carbocycles. The van der Waals surface area contributed by atoms with Crippen molar-refractivity contribution in [2.75, 3.05) is 12.3 Å². The van der Waals surface area contributed by atoms with Crippen molar-refractivity contribution in [2.24, 2.45) is 0 Å². The van der Waals surface area contributed by atoms with Crippen molar-refractivity contribution in [3.05, 3.63) is 24.2 Å². The van der Waals surface area contributed by atoms with E-state index in [2.05, 4.69) is 26.1 Å². The summed E-state index contributed by atoms with van der Waals surface area (Å²) in [6.45, 7) is 8.58. The van der Waals surface area contributed by atoms with Crippen LogP contribution >= 0.6 is 11.8 Å². The van der Waals surface area contributed by atoms with Crippen LogP contribution in [0, 0.1) is 0 Å². The minimum atomic E-state index is 0.367. The average molecular weight is 213 g/mol. The minimum Gasteiger partial charge on any atom is -0.468 e. The molecular weight excluding hydrogens is 194 g/mol. The Bertz CT molecular complexity index is 238. The van der Waals surface area contributed by atoms with Gasteiger partial charge in [0.25, 0.3) is 0 Å². The van der Waals surface area contributed by atoms with E-state index in [1.54, 1.807) is 6.26 Å². The summed E-state index contributed by atoms with van der Waals surface area (Å²) < 4.78 is 5.58. The first-order valence-corrected chi connectivity index (χ1v) is 5.93. The smallest absolute Gasteiger partial charge is 0.117 e. The van der Waals surface area contributed by atoms with Gasteiger partial charge in [-0.3, -0.25) is 0 Å². The van der Waals surface area contributed by atoms with E-state index in [1.165, 1.54) is 0 Å². The van der Waals surface area contributed by atoms with Crippen LogP contribution < -0.4 is 5.32 Å². The predicted octanol–water partition coefficient (Wildman–Crippen LogP) is 2.90. The SMILES string of the molecule is CC(C)(C)SCCNCc1ccco1. The maximum atomic E-state index is 5.21. The Morgan fingerprint density at radius 2 is 2.21 bits per heavy atom. The summed E-state index contributed by atoms with van der Waals surface area (Å²) in [6, 6.07) is 3.91. The molecule has 0 amide bonds. The van der Waals surface area contributed by atoms with Crippen LogP contribution in [0.2, 0.25) is 0 Å². The van der Waals surface area contributed by atoms with Gasteiger partial charge >= 0.3 is 0 Å². The van der Waals surface area contributed by atoms with Crippen LogP contribution in [0.4, 0.5) is 0 Å². The van der Waals surface area contributed by atoms with Gasteiger partial charge in [0.15, 0.2) is 0 Å². The molecule has 0 aliphatic rings. The zero-order chi connectivity index (χ0) is 10.4. The second kappa shape index (κ2) is 5.47. The number of rotatable bonds is 5. The van der Waals surface area contributed by atoms with Gasteiger partial charge in [-0.1, -0.05) is 20.8 Å². The first kappa shape index (κ1) is 11.7. The molecule has 1 rings (SSSR count). The zero-order valence-electron chi connectivity index (χ0n) is 9.17. The van der Waals surface area contributed by atoms with E-state index in [9.17, 15) is 0 Å². The molecule has 14 heavy (non-hydrogen) atoms. The molecule has 0 aliphatic heterocycles. The van der Waals surface area contributed by atoms with Crippen molar-refractivity contribution in [1.82, 2.24) is 5.32 Å². The topological polar surface area (TPSA) is 25.2 Å². The number of hydrogen-bond donors (Lipinski definition) is 1. The van der Waals surface area contributed by atoms with E-state index in [4.69, 9.17) is 4.42 Å². The first-order chi connectivity index (χ1) is 6.58. The van der Waals surface area contributed by atoms with Crippen LogP contribution in [-0.2, 0) is 6.54 Å². The molecule has 0 fully saturated rings. The summed E-state index contributed by atoms with van der Waals surface area (Å²) in [5.41, 5.74) is 0. The quantitative estimate of drug-likeness (QED) is 0.761. The summed E-state index contributed by atoms with van der Waals surface area (Å²) >= 11 is 1.98. The Kier molecular flexibility index (Phi) is 4.55. The molecule has 1 heterocycles. The number of thioether (sulfide) groups is 1. The molecule has 0 saturated carbocycles. The Balaban J connectivity index is 2.00. The minimum absolute atomic E-state index is 0.367. The molecule has 0 saturated heterocycles. The van der Waals surface area contributed by atoms with Gasteiger partial charge in [-0.15, -0.1) is 0 Å². The molecule has 0 unspecified atom stereocenters. The molecule has 0 spiro atoms. The second-order valence-electron chi connectivity index (χ2n) is 4.22. The van der Waals surface area contributed by atoms with Crippen LogP contribution in [0.3, 0.4) is 0 Å². The standard InChI is InChI=1S/C11H19NOS/c1-11(2,3)14-8-6-12-9-10-5-4-7-13-10/h4-5,7,12H,6,8-9H2,1-3H3. The van der Waals surface area contributed by atoms with Gasteiger partial charge < -0.3 is 9.73 Å². The third kappa shape index (κ3) is 5.35. The molecule has 3 heteroatoms. The van der Waals surface area contributed by atoms with Crippen molar-refractivity contribution in [3.8, 4) is 0 Å². The van der Waals surface area contributed by atoms with Gasteiger partial charge in [-0.2, -0.15) is 11.8 Å². The van der Waals surface area contributed by atoms with Crippen LogP contribution in [-0.4, -0.2) is 17.0 Å². The van der Waals surface area contributed by atoms with E-state index in [0.717, 1.165) is 24.6 Å². The van der Waals surface area contributed by atoms with E-state index in [0.29, 0.717) is 4.75 Å². The number of furan rings is 1. The van der Waals surface area contributed by atoms with Crippen LogP contribution in [0.5, 0.6) is 0 Å². The number of hydrogen-bond acceptors (Lipinski definition) is 3. The van der Waals surface area contributed by atoms with Crippen molar-refractivity contribution >= 4 is 11.8 Å². The summed E-state index contributed by atoms with van der Waals surface area (Å²) in [7, 11) is 0. The monoisotopic (exact) mass is 213 g/mol. The van der Waals surface area contributed by atoms with Crippen LogP contribution in [0.25, 0.3) is 0 Å². The van der Waals surface area contributed by atoms with Gasteiger partial charge in [-0.25, -0.2) is 0 Å². The summed E-state index contributed by atoms with van der Waals surface area (Å²) in [6.07, 6.45) is 1.71. The second-order valence-corrected chi connectivity index (χ2v) is 6.14. The molecule has 0 radical (unpaired) electrons. The normalized spacial score (nSPS) is 11.9. The third-order valence-corrected chi connectivity index (χ3v) is 2.97. The Morgan fingerprint density at radius 1 is 1.43 bits per heavy atom. The molecule has 0 atom stereocenters. The number of nitrogens with one attached hydrogen (secondary N) is 1. The van der Waals surface area contributed by atoms with E-state index < -0.39 is 0 Å². The van der Waals surface area contributed by atoms with Crippen molar-refractivity contribution in [3.63, 3.8) is 0 Å². The zero-order valence-corrected chi connectivity index (χ0v) is 9.99. The van der Waals surface area contributed by atoms with Gasteiger partial charge in [0.1, 0.15) is 5.76 Å². The fourth-order valence-corrected chi connectivity index (χ4v) is 1.91. The maximum absolute atomic E-state index is 5.21. The molecule has 2 nitrogen and oxygen atoms in total. The van der Waals surface area contributed by atoms with E-state index in [-0.39, 0.29) is 0 Å². The van der Waals surface area contributed by atoms with Crippen LogP contribution in [0.15, 0.2) is 22.8 Å². The molecule has 0 bridgehead atoms. The summed E-state index contributed by atoms with van der Waals surface area (Å²) in [5.74, 6) is 2.15. The maximum Gasteiger partial charge on any atom is 0.117 e. The highest BCUT2D eigenvalue weighted by Gasteiger charge is 2.09. The van der Waals surface area contributed by atoms with E-state index >= 15 is 0 Å². The lowest BCUT2D eigenvalue weighted by Gasteiger charge is -2.17. The van der Waals surface area contributed by atoms with Crippen molar-refractivity contribution in [1.29, 1.82) is 0 Å². The van der Waals surface area contributed by atoms with Crippen LogP contribution in [0.1, 0.15) is 26.5 Å². The highest BCUT2D eigenvalue weighted by molar-refractivity contribution is 8.00. The summed E-state index contributed by atoms with van der Waals surface area (Å²) in [4.78, 5) is 0. The molecule has 1 aromatic rings. The fraction of sp³-hybridized carbons (Fsp3) is 0.636. The van der Waals surface area contributed by atoms with Gasteiger partial charge in [-0.05, 0) is 12.1 Å². The lowest BCUT2D eigenvalue weighted by atomic mass is 10.3. The van der Waals surface area contributed by atoms with Gasteiger partial charge in [0.05, 0.1) is 12.8 Å². The lowest BCUT2D eigenvalue weighted by molar-refractivity contribution is 0.488. The van der Waals surface area contributed by atoms with Gasteiger partial charge in [0, 0.05) is 17.0 Å². The summed E-state index contributed by atoms with van der Waals surface area (Å²) in [5, 5.41) is 3.35. The van der Waals surface area contributed by atoms with E-state index in [1.807, 2.05) is 23.9 Å². The first-order valence-electron chi connectivity index (χ1n) is 4.95. The van der Waals surface area contributed by atoms with Crippen molar-refractivity contribution in [2.45, 2.75) is 32.1 Å². The Labute approximate surface area is 90.5 Å². The Hall–Kier alpha value is -0.410. The molecule has 1 N–H and O–H groups in total. The Morgan fingerprint density at radius 3 is 2.79 bits per heavy atom. The third-order valence-electron chi connectivity index (χ3n) is 1.69. The highest BCUT2D eigenvalue weighted by Crippen LogP contribution is 2.21. The molecule has 0 aliphatic carbocycles. The highest BCUT2D eigenvalue weighted by atomic mass is 32.2. The lowest BCUT2D eigenvalue weighted by Crippen LogP contribution is -2.19. The molecular formula is C11H19NOS.